The fraction of sp³-hybridized carbons (Fsp3) is 0.667. The van der Waals surface area contributed by atoms with Crippen molar-refractivity contribution in [2.24, 2.45) is 0 Å². The van der Waals surface area contributed by atoms with Crippen LogP contribution < -0.4 is 0 Å². The van der Waals surface area contributed by atoms with Gasteiger partial charge in [-0.3, -0.25) is 4.79 Å². The average molecular weight is 370 g/mol. The van der Waals surface area contributed by atoms with E-state index in [1.165, 1.54) is 0 Å². The molecule has 0 bridgehead atoms. The largest absolute Gasteiger partial charge is 0.406 e. The Morgan fingerprint density at radius 3 is 2.81 bits per heavy atom. The van der Waals surface area contributed by atoms with Crippen LogP contribution in [0.1, 0.15) is 54.7 Å². The predicted molar refractivity (Wildman–Crippen MR) is 80.0 cm³/mol. The SMILES string of the molecule is O=C(Cc1noc(C2CCCc3n[nH]nc32)n1)N(CC(F)(F)F)C1CC1. The summed E-state index contributed by atoms with van der Waals surface area (Å²) in [6.45, 7) is -1.24. The van der Waals surface area contributed by atoms with Crippen molar-refractivity contribution in [2.75, 3.05) is 6.54 Å². The summed E-state index contributed by atoms with van der Waals surface area (Å²) in [6.07, 6.45) is -1.08. The molecule has 2 aromatic heterocycles. The van der Waals surface area contributed by atoms with Crippen molar-refractivity contribution >= 4 is 5.91 Å². The van der Waals surface area contributed by atoms with Crippen molar-refractivity contribution in [2.45, 2.75) is 56.7 Å². The zero-order valence-electron chi connectivity index (χ0n) is 13.8. The minimum atomic E-state index is -4.42. The predicted octanol–water partition coefficient (Wildman–Crippen LogP) is 1.75. The van der Waals surface area contributed by atoms with E-state index in [9.17, 15) is 18.0 Å². The highest BCUT2D eigenvalue weighted by Gasteiger charge is 2.41. The van der Waals surface area contributed by atoms with E-state index in [-0.39, 0.29) is 24.2 Å². The summed E-state index contributed by atoms with van der Waals surface area (Å²) in [7, 11) is 0. The molecule has 1 atom stereocenters. The molecule has 4 rings (SSSR count). The molecule has 0 spiro atoms. The molecule has 8 nitrogen and oxygen atoms in total. The number of nitrogens with one attached hydrogen (secondary N) is 1. The molecule has 2 heterocycles. The summed E-state index contributed by atoms with van der Waals surface area (Å²) in [6, 6.07) is -0.341. The van der Waals surface area contributed by atoms with Crippen LogP contribution in [0.3, 0.4) is 0 Å². The molecule has 0 saturated heterocycles. The van der Waals surface area contributed by atoms with E-state index in [1.54, 1.807) is 0 Å². The molecule has 26 heavy (non-hydrogen) atoms. The first-order chi connectivity index (χ1) is 12.4. The summed E-state index contributed by atoms with van der Waals surface area (Å²) in [5, 5.41) is 14.6. The summed E-state index contributed by atoms with van der Waals surface area (Å²) in [4.78, 5) is 17.4. The van der Waals surface area contributed by atoms with Crippen LogP contribution >= 0.6 is 0 Å². The number of aryl methyl sites for hydroxylation is 1. The maximum atomic E-state index is 12.7. The molecule has 140 valence electrons. The number of nitrogens with zero attached hydrogens (tertiary/aromatic N) is 5. The molecule has 0 radical (unpaired) electrons. The fourth-order valence-electron chi connectivity index (χ4n) is 3.29. The Morgan fingerprint density at radius 1 is 1.27 bits per heavy atom. The van der Waals surface area contributed by atoms with Gasteiger partial charge in [0.2, 0.25) is 11.8 Å². The van der Waals surface area contributed by atoms with Crippen LogP contribution in [0.15, 0.2) is 4.52 Å². The van der Waals surface area contributed by atoms with Crippen molar-refractivity contribution in [3.8, 4) is 0 Å². The van der Waals surface area contributed by atoms with E-state index in [0.29, 0.717) is 18.7 Å². The van der Waals surface area contributed by atoms with E-state index in [1.807, 2.05) is 0 Å². The molecule has 1 fully saturated rings. The molecule has 1 unspecified atom stereocenters. The smallest absolute Gasteiger partial charge is 0.339 e. The highest BCUT2D eigenvalue weighted by Crippen LogP contribution is 2.34. The number of amides is 1. The lowest BCUT2D eigenvalue weighted by molar-refractivity contribution is -0.162. The number of rotatable bonds is 5. The van der Waals surface area contributed by atoms with Crippen LogP contribution in [-0.2, 0) is 17.6 Å². The number of hydrogen-bond donors (Lipinski definition) is 1. The van der Waals surface area contributed by atoms with Gasteiger partial charge >= 0.3 is 6.18 Å². The lowest BCUT2D eigenvalue weighted by atomic mass is 9.90. The van der Waals surface area contributed by atoms with Gasteiger partial charge in [-0.2, -0.15) is 33.6 Å². The Morgan fingerprint density at radius 2 is 2.08 bits per heavy atom. The van der Waals surface area contributed by atoms with Gasteiger partial charge in [-0.1, -0.05) is 5.16 Å². The van der Waals surface area contributed by atoms with E-state index in [2.05, 4.69) is 25.6 Å². The van der Waals surface area contributed by atoms with Crippen molar-refractivity contribution in [3.63, 3.8) is 0 Å². The van der Waals surface area contributed by atoms with Gasteiger partial charge in [-0.15, -0.1) is 0 Å². The fourth-order valence-corrected chi connectivity index (χ4v) is 3.29. The third kappa shape index (κ3) is 3.56. The zero-order valence-corrected chi connectivity index (χ0v) is 13.8. The second-order valence-electron chi connectivity index (χ2n) is 6.69. The quantitative estimate of drug-likeness (QED) is 0.861. The summed E-state index contributed by atoms with van der Waals surface area (Å²) >= 11 is 0. The molecule has 1 saturated carbocycles. The molecular weight excluding hydrogens is 353 g/mol. The third-order valence-corrected chi connectivity index (χ3v) is 4.64. The van der Waals surface area contributed by atoms with Crippen molar-refractivity contribution < 1.29 is 22.5 Å². The molecule has 2 aliphatic rings. The number of carbonyl (C=O) groups is 1. The van der Waals surface area contributed by atoms with Crippen LogP contribution in [0.4, 0.5) is 13.2 Å². The number of alkyl halides is 3. The van der Waals surface area contributed by atoms with E-state index in [0.717, 1.165) is 35.6 Å². The highest BCUT2D eigenvalue weighted by atomic mass is 19.4. The van der Waals surface area contributed by atoms with E-state index < -0.39 is 18.6 Å². The number of aromatic amines is 1. The molecule has 2 aromatic rings. The molecular formula is C15H17F3N6O2. The number of fused-ring (bicyclic) bond motifs is 1. The third-order valence-electron chi connectivity index (χ3n) is 4.64. The first kappa shape index (κ1) is 17.0. The van der Waals surface area contributed by atoms with Gasteiger partial charge in [-0.25, -0.2) is 0 Å². The number of aromatic nitrogens is 5. The van der Waals surface area contributed by atoms with Crippen LogP contribution in [0.25, 0.3) is 0 Å². The van der Waals surface area contributed by atoms with Gasteiger partial charge < -0.3 is 9.42 Å². The van der Waals surface area contributed by atoms with E-state index >= 15 is 0 Å². The first-order valence-electron chi connectivity index (χ1n) is 8.49. The molecule has 1 amide bonds. The van der Waals surface area contributed by atoms with Gasteiger partial charge in [0.1, 0.15) is 6.54 Å². The van der Waals surface area contributed by atoms with Gasteiger partial charge in [0.15, 0.2) is 5.82 Å². The molecule has 1 N–H and O–H groups in total. The molecule has 0 aromatic carbocycles. The first-order valence-corrected chi connectivity index (χ1v) is 8.49. The van der Waals surface area contributed by atoms with Gasteiger partial charge in [0.25, 0.3) is 0 Å². The second kappa shape index (κ2) is 6.36. The van der Waals surface area contributed by atoms with Crippen LogP contribution in [0, 0.1) is 0 Å². The van der Waals surface area contributed by atoms with Crippen molar-refractivity contribution in [3.05, 3.63) is 23.1 Å². The Balaban J connectivity index is 1.46. The summed E-state index contributed by atoms with van der Waals surface area (Å²) in [5.74, 6) is -0.434. The maximum Gasteiger partial charge on any atom is 0.406 e. The van der Waals surface area contributed by atoms with Gasteiger partial charge in [0, 0.05) is 6.04 Å². The van der Waals surface area contributed by atoms with Gasteiger partial charge in [0.05, 0.1) is 23.7 Å². The monoisotopic (exact) mass is 370 g/mol. The Hall–Kier alpha value is -2.46. The van der Waals surface area contributed by atoms with Crippen LogP contribution in [0.2, 0.25) is 0 Å². The van der Waals surface area contributed by atoms with Crippen molar-refractivity contribution in [1.82, 2.24) is 30.5 Å². The lowest BCUT2D eigenvalue weighted by Crippen LogP contribution is -2.41. The standard InChI is InChI=1S/C15H17F3N6O2/c16-15(17,18)7-24(8-4-5-8)12(25)6-11-19-14(26-22-11)9-2-1-3-10-13(9)21-23-20-10/h8-9H,1-7H2,(H,20,21,23). The highest BCUT2D eigenvalue weighted by molar-refractivity contribution is 5.78. The normalized spacial score (nSPS) is 20.0. The van der Waals surface area contributed by atoms with Crippen LogP contribution in [-0.4, -0.2) is 55.1 Å². The second-order valence-corrected chi connectivity index (χ2v) is 6.69. The lowest BCUT2D eigenvalue weighted by Gasteiger charge is -2.23. The number of hydrogen-bond acceptors (Lipinski definition) is 6. The van der Waals surface area contributed by atoms with E-state index in [4.69, 9.17) is 4.52 Å². The zero-order chi connectivity index (χ0) is 18.3. The Kier molecular flexibility index (Phi) is 4.16. The molecule has 2 aliphatic carbocycles. The number of carbonyl (C=O) groups excluding carboxylic acids is 1. The minimum absolute atomic E-state index is 0.0912. The Bertz CT molecular complexity index is 797. The molecule has 11 heteroatoms. The van der Waals surface area contributed by atoms with Crippen molar-refractivity contribution in [1.29, 1.82) is 0 Å². The van der Waals surface area contributed by atoms with Gasteiger partial charge in [-0.05, 0) is 32.1 Å². The summed E-state index contributed by atoms with van der Waals surface area (Å²) in [5.41, 5.74) is 1.59. The number of halogens is 3. The minimum Gasteiger partial charge on any atom is -0.339 e. The maximum absolute atomic E-state index is 12.7. The van der Waals surface area contributed by atoms with Crippen LogP contribution in [0.5, 0.6) is 0 Å². The summed E-state index contributed by atoms with van der Waals surface area (Å²) < 4.78 is 43.3. The topological polar surface area (TPSA) is 101 Å². The molecule has 0 aliphatic heterocycles. The average Bonchev–Trinajstić information content (AvgIpc) is 3.12. The number of H-pyrrole nitrogens is 1. The Labute approximate surface area is 146 Å².